The zero-order valence-corrected chi connectivity index (χ0v) is 18.3. The number of carbonyl (C=O) groups is 1. The largest absolute Gasteiger partial charge is 0.493 e. The van der Waals surface area contributed by atoms with Gasteiger partial charge in [-0.15, -0.1) is 5.10 Å². The molecule has 0 aliphatic carbocycles. The first kappa shape index (κ1) is 21.1. The summed E-state index contributed by atoms with van der Waals surface area (Å²) < 4.78 is 5.94. The molecular weight excluding hydrogens is 408 g/mol. The van der Waals surface area contributed by atoms with Crippen LogP contribution in [-0.4, -0.2) is 40.8 Å². The van der Waals surface area contributed by atoms with E-state index in [1.165, 1.54) is 11.1 Å². The van der Waals surface area contributed by atoms with Gasteiger partial charge >= 0.3 is 6.03 Å². The summed E-state index contributed by atoms with van der Waals surface area (Å²) in [5, 5.41) is 14.8. The van der Waals surface area contributed by atoms with Gasteiger partial charge in [0.15, 0.2) is 5.82 Å². The minimum absolute atomic E-state index is 0.132. The lowest BCUT2D eigenvalue weighted by Gasteiger charge is -2.33. The predicted octanol–water partition coefficient (Wildman–Crippen LogP) is 5.12. The summed E-state index contributed by atoms with van der Waals surface area (Å²) in [6.45, 7) is 4.19. The van der Waals surface area contributed by atoms with Crippen LogP contribution in [0, 0.1) is 5.92 Å². The van der Waals surface area contributed by atoms with Crippen LogP contribution < -0.4 is 10.1 Å². The Hall–Kier alpha value is -3.19. The van der Waals surface area contributed by atoms with Crippen LogP contribution in [0.3, 0.4) is 0 Å². The van der Waals surface area contributed by atoms with E-state index in [-0.39, 0.29) is 11.9 Å². The summed E-state index contributed by atoms with van der Waals surface area (Å²) >= 11 is 1.71. The number of likely N-dealkylation sites (tertiary alicyclic amines) is 1. The van der Waals surface area contributed by atoms with Gasteiger partial charge in [-0.1, -0.05) is 30.7 Å². The smallest absolute Gasteiger partial charge is 0.323 e. The first-order valence-electron chi connectivity index (χ1n) is 10.5. The van der Waals surface area contributed by atoms with Crippen molar-refractivity contribution in [3.05, 3.63) is 76.1 Å². The van der Waals surface area contributed by atoms with Crippen molar-refractivity contribution >= 4 is 29.3 Å². The van der Waals surface area contributed by atoms with Crippen molar-refractivity contribution in [2.45, 2.75) is 19.8 Å². The maximum atomic E-state index is 12.5. The molecule has 3 aromatic rings. The summed E-state index contributed by atoms with van der Waals surface area (Å²) in [5.74, 6) is 1.64. The van der Waals surface area contributed by atoms with E-state index in [1.54, 1.807) is 29.7 Å². The van der Waals surface area contributed by atoms with E-state index in [0.717, 1.165) is 24.2 Å². The van der Waals surface area contributed by atoms with Gasteiger partial charge in [0.1, 0.15) is 5.75 Å². The Morgan fingerprint density at radius 2 is 2.26 bits per heavy atom. The third-order valence-corrected chi connectivity index (χ3v) is 6.07. The van der Waals surface area contributed by atoms with Crippen LogP contribution in [-0.2, 0) is 6.42 Å². The Bertz CT molecular complexity index is 1020. The van der Waals surface area contributed by atoms with Crippen LogP contribution in [0.5, 0.6) is 5.75 Å². The highest BCUT2D eigenvalue weighted by molar-refractivity contribution is 7.07. The summed E-state index contributed by atoms with van der Waals surface area (Å²) in [7, 11) is 0. The van der Waals surface area contributed by atoms with Crippen molar-refractivity contribution in [3.8, 4) is 5.75 Å². The molecule has 6 nitrogen and oxygen atoms in total. The first-order chi connectivity index (χ1) is 15.2. The average Bonchev–Trinajstić information content (AvgIpc) is 3.30. The van der Waals surface area contributed by atoms with E-state index >= 15 is 0 Å². The second-order valence-electron chi connectivity index (χ2n) is 7.66. The Labute approximate surface area is 186 Å². The minimum Gasteiger partial charge on any atom is -0.493 e. The number of hydrogen-bond acceptors (Lipinski definition) is 5. The van der Waals surface area contributed by atoms with Gasteiger partial charge in [0.05, 0.1) is 6.61 Å². The van der Waals surface area contributed by atoms with Gasteiger partial charge in [0.25, 0.3) is 0 Å². The fraction of sp³-hybridized carbons (Fsp3) is 0.292. The minimum atomic E-state index is -0.132. The second-order valence-corrected chi connectivity index (χ2v) is 8.44. The standard InChI is InChI=1S/C24H26N4O2S/c1-18-16-28(24(29)26-23-6-3-10-25-27-23)11-7-21(18)14-20-4-2-5-22(15-20)30-12-8-19-9-13-31-17-19/h2-6,9-10,13-15,17-18H,7-8,11-12,16H2,1H3,(H,26,27,29)/b21-14+. The van der Waals surface area contributed by atoms with E-state index in [0.29, 0.717) is 25.5 Å². The number of carbonyl (C=O) groups excluding carboxylic acids is 1. The van der Waals surface area contributed by atoms with Gasteiger partial charge in [-0.05, 0) is 64.6 Å². The quantitative estimate of drug-likeness (QED) is 0.585. The third kappa shape index (κ3) is 5.92. The van der Waals surface area contributed by atoms with Crippen LogP contribution in [0.25, 0.3) is 6.08 Å². The normalized spacial score (nSPS) is 17.5. The van der Waals surface area contributed by atoms with Crippen LogP contribution >= 0.6 is 11.3 Å². The van der Waals surface area contributed by atoms with Gasteiger partial charge in [0.2, 0.25) is 0 Å². The highest BCUT2D eigenvalue weighted by Gasteiger charge is 2.24. The molecule has 0 saturated carbocycles. The molecule has 4 rings (SSSR count). The van der Waals surface area contributed by atoms with E-state index in [4.69, 9.17) is 4.74 Å². The molecular formula is C24H26N4O2S. The first-order valence-corrected chi connectivity index (χ1v) is 11.4. The number of urea groups is 1. The number of piperidine rings is 1. The number of anilines is 1. The number of nitrogens with zero attached hydrogens (tertiary/aromatic N) is 3. The average molecular weight is 435 g/mol. The fourth-order valence-corrected chi connectivity index (χ4v) is 4.34. The summed E-state index contributed by atoms with van der Waals surface area (Å²) in [4.78, 5) is 14.4. The van der Waals surface area contributed by atoms with Crippen molar-refractivity contribution in [3.63, 3.8) is 0 Å². The zero-order valence-electron chi connectivity index (χ0n) is 17.5. The molecule has 31 heavy (non-hydrogen) atoms. The molecule has 0 bridgehead atoms. The van der Waals surface area contributed by atoms with Crippen LogP contribution in [0.2, 0.25) is 0 Å². The van der Waals surface area contributed by atoms with Crippen molar-refractivity contribution in [2.75, 3.05) is 25.0 Å². The second kappa shape index (κ2) is 10.2. The molecule has 3 heterocycles. The number of hydrogen-bond donors (Lipinski definition) is 1. The number of nitrogens with one attached hydrogen (secondary N) is 1. The van der Waals surface area contributed by atoms with Gasteiger partial charge < -0.3 is 9.64 Å². The summed E-state index contributed by atoms with van der Waals surface area (Å²) in [6.07, 6.45) is 5.57. The molecule has 7 heteroatoms. The van der Waals surface area contributed by atoms with Crippen molar-refractivity contribution in [1.29, 1.82) is 0 Å². The fourth-order valence-electron chi connectivity index (χ4n) is 3.64. The molecule has 1 N–H and O–H groups in total. The Kier molecular flexibility index (Phi) is 6.94. The molecule has 2 aromatic heterocycles. The maximum absolute atomic E-state index is 12.5. The lowest BCUT2D eigenvalue weighted by molar-refractivity contribution is 0.197. The highest BCUT2D eigenvalue weighted by atomic mass is 32.1. The molecule has 1 aromatic carbocycles. The molecule has 0 radical (unpaired) electrons. The topological polar surface area (TPSA) is 67.4 Å². The number of benzene rings is 1. The van der Waals surface area contributed by atoms with Gasteiger partial charge in [-0.2, -0.15) is 16.4 Å². The zero-order chi connectivity index (χ0) is 21.5. The lowest BCUT2D eigenvalue weighted by Crippen LogP contribution is -2.42. The molecule has 0 spiro atoms. The number of ether oxygens (including phenoxy) is 1. The molecule has 1 saturated heterocycles. The molecule has 1 unspecified atom stereocenters. The van der Waals surface area contributed by atoms with E-state index in [9.17, 15) is 4.79 Å². The van der Waals surface area contributed by atoms with E-state index in [1.807, 2.05) is 17.0 Å². The SMILES string of the molecule is CC1CN(C(=O)Nc2cccnn2)CC/C1=C\c1cccc(OCCc2ccsc2)c1. The summed E-state index contributed by atoms with van der Waals surface area (Å²) in [5.41, 5.74) is 3.79. The molecule has 1 aliphatic rings. The van der Waals surface area contributed by atoms with Crippen molar-refractivity contribution in [1.82, 2.24) is 15.1 Å². The number of thiophene rings is 1. The lowest BCUT2D eigenvalue weighted by atomic mass is 9.91. The monoisotopic (exact) mass is 434 g/mol. The summed E-state index contributed by atoms with van der Waals surface area (Å²) in [6, 6.07) is 13.7. The van der Waals surface area contributed by atoms with Crippen LogP contribution in [0.1, 0.15) is 24.5 Å². The van der Waals surface area contributed by atoms with E-state index in [2.05, 4.69) is 57.5 Å². The van der Waals surface area contributed by atoms with Gasteiger partial charge in [0, 0.05) is 25.7 Å². The maximum Gasteiger partial charge on any atom is 0.323 e. The Morgan fingerprint density at radius 1 is 1.32 bits per heavy atom. The Morgan fingerprint density at radius 3 is 3.03 bits per heavy atom. The van der Waals surface area contributed by atoms with Gasteiger partial charge in [-0.3, -0.25) is 5.32 Å². The van der Waals surface area contributed by atoms with Crippen LogP contribution in [0.4, 0.5) is 10.6 Å². The highest BCUT2D eigenvalue weighted by Crippen LogP contribution is 2.26. The van der Waals surface area contributed by atoms with Crippen molar-refractivity contribution in [2.24, 2.45) is 5.92 Å². The molecule has 160 valence electrons. The molecule has 1 aliphatic heterocycles. The Balaban J connectivity index is 1.32. The predicted molar refractivity (Wildman–Crippen MR) is 124 cm³/mol. The molecule has 1 atom stereocenters. The molecule has 2 amide bonds. The van der Waals surface area contributed by atoms with Crippen LogP contribution in [0.15, 0.2) is 65.0 Å². The van der Waals surface area contributed by atoms with Gasteiger partial charge in [-0.25, -0.2) is 4.79 Å². The van der Waals surface area contributed by atoms with E-state index < -0.39 is 0 Å². The number of amides is 2. The third-order valence-electron chi connectivity index (χ3n) is 5.34. The number of aromatic nitrogens is 2. The van der Waals surface area contributed by atoms with Crippen molar-refractivity contribution < 1.29 is 9.53 Å². The molecule has 1 fully saturated rings. The number of rotatable bonds is 6.